The quantitative estimate of drug-likeness (QED) is 0.221. The summed E-state index contributed by atoms with van der Waals surface area (Å²) in [6.45, 7) is 9.38. The molecule has 172 valence electrons. The maximum absolute atomic E-state index is 13.6. The summed E-state index contributed by atoms with van der Waals surface area (Å²) in [6, 6.07) is 11.5. The smallest absolute Gasteiger partial charge is 0.172 e. The number of rotatable bonds is 14. The van der Waals surface area contributed by atoms with E-state index in [-0.39, 0.29) is 5.92 Å². The van der Waals surface area contributed by atoms with E-state index in [9.17, 15) is 8.78 Å². The van der Waals surface area contributed by atoms with Crippen molar-refractivity contribution in [1.82, 2.24) is 0 Å². The van der Waals surface area contributed by atoms with Gasteiger partial charge in [0.1, 0.15) is 11.6 Å². The summed E-state index contributed by atoms with van der Waals surface area (Å²) in [7, 11) is 0. The van der Waals surface area contributed by atoms with Crippen LogP contribution in [0.4, 0.5) is 8.78 Å². The monoisotopic (exact) mass is 432 g/mol. The number of hydrogen-bond donors (Lipinski definition) is 0. The van der Waals surface area contributed by atoms with Crippen molar-refractivity contribution in [2.24, 2.45) is 0 Å². The molecule has 0 aliphatic carbocycles. The van der Waals surface area contributed by atoms with Crippen LogP contribution < -0.4 is 0 Å². The molecule has 0 heterocycles. The van der Waals surface area contributed by atoms with Crippen LogP contribution in [-0.2, 0) is 9.47 Å². The average molecular weight is 433 g/mol. The molecule has 0 aliphatic heterocycles. The molecule has 1 atom stereocenters. The lowest BCUT2D eigenvalue weighted by atomic mass is 9.85. The Labute approximate surface area is 187 Å². The highest BCUT2D eigenvalue weighted by Gasteiger charge is 2.36. The number of halogens is 2. The van der Waals surface area contributed by atoms with E-state index in [1.807, 2.05) is 45.0 Å². The van der Waals surface area contributed by atoms with Crippen LogP contribution in [0.1, 0.15) is 84.1 Å². The van der Waals surface area contributed by atoms with Crippen molar-refractivity contribution in [3.8, 4) is 11.1 Å². The summed E-state index contributed by atoms with van der Waals surface area (Å²) in [6.07, 6.45) is 8.36. The Bertz CT molecular complexity index is 747. The molecule has 0 fully saturated rings. The zero-order valence-electron chi connectivity index (χ0n) is 19.6. The molecule has 0 saturated heterocycles. The van der Waals surface area contributed by atoms with Gasteiger partial charge in [0.25, 0.3) is 0 Å². The van der Waals surface area contributed by atoms with Gasteiger partial charge in [0, 0.05) is 25.2 Å². The highest BCUT2D eigenvalue weighted by atomic mass is 19.1. The highest BCUT2D eigenvalue weighted by molar-refractivity contribution is 5.64. The fraction of sp³-hybridized carbons (Fsp3) is 0.556. The molecule has 0 radical (unpaired) electrons. The van der Waals surface area contributed by atoms with E-state index in [0.717, 1.165) is 30.0 Å². The minimum absolute atomic E-state index is 0.0804. The number of unbranched alkanes of at least 4 members (excludes halogenated alkanes) is 5. The Hall–Kier alpha value is -1.78. The maximum atomic E-state index is 13.6. The van der Waals surface area contributed by atoms with Crippen LogP contribution in [0.3, 0.4) is 0 Å². The van der Waals surface area contributed by atoms with Gasteiger partial charge in [-0.1, -0.05) is 69.7 Å². The van der Waals surface area contributed by atoms with Gasteiger partial charge < -0.3 is 9.47 Å². The molecular formula is C27H38F2O2. The fourth-order valence-electron chi connectivity index (χ4n) is 4.30. The second kappa shape index (κ2) is 12.9. The molecule has 2 nitrogen and oxygen atoms in total. The molecule has 0 amide bonds. The third-order valence-electron chi connectivity index (χ3n) is 5.85. The van der Waals surface area contributed by atoms with E-state index >= 15 is 0 Å². The summed E-state index contributed by atoms with van der Waals surface area (Å²) in [5.74, 6) is -1.77. The first-order valence-corrected chi connectivity index (χ1v) is 11.8. The van der Waals surface area contributed by atoms with Crippen LogP contribution in [0.2, 0.25) is 0 Å². The lowest BCUT2D eigenvalue weighted by Crippen LogP contribution is -2.39. The first-order chi connectivity index (χ1) is 14.9. The van der Waals surface area contributed by atoms with Gasteiger partial charge in [-0.2, -0.15) is 0 Å². The molecule has 0 spiro atoms. The molecule has 31 heavy (non-hydrogen) atoms. The highest BCUT2D eigenvalue weighted by Crippen LogP contribution is 2.38. The zero-order valence-corrected chi connectivity index (χ0v) is 19.6. The van der Waals surface area contributed by atoms with Crippen LogP contribution in [0, 0.1) is 11.6 Å². The van der Waals surface area contributed by atoms with Crippen molar-refractivity contribution in [3.63, 3.8) is 0 Å². The van der Waals surface area contributed by atoms with Gasteiger partial charge in [0.15, 0.2) is 5.79 Å². The zero-order chi connectivity index (χ0) is 22.7. The third-order valence-corrected chi connectivity index (χ3v) is 5.85. The summed E-state index contributed by atoms with van der Waals surface area (Å²) in [5, 5.41) is 0. The molecule has 2 rings (SSSR count). The van der Waals surface area contributed by atoms with E-state index in [0.29, 0.717) is 18.8 Å². The topological polar surface area (TPSA) is 18.5 Å². The van der Waals surface area contributed by atoms with Crippen molar-refractivity contribution in [3.05, 3.63) is 59.7 Å². The van der Waals surface area contributed by atoms with Crippen molar-refractivity contribution in [1.29, 1.82) is 0 Å². The fourth-order valence-corrected chi connectivity index (χ4v) is 4.30. The third kappa shape index (κ3) is 7.69. The normalized spacial score (nSPS) is 12.8. The number of hydrogen-bond acceptors (Lipinski definition) is 2. The standard InChI is InChI=1S/C27H38F2O2/c1-5-8-9-10-11-12-13-26(27(4,30-6-2)31-7-3)22-16-14-21(15-17-22)23-18-24(28)20-25(29)19-23/h14-20,26H,5-13H2,1-4H3. The van der Waals surface area contributed by atoms with Crippen LogP contribution in [-0.4, -0.2) is 19.0 Å². The van der Waals surface area contributed by atoms with E-state index in [4.69, 9.17) is 9.47 Å². The molecule has 0 saturated carbocycles. The molecule has 4 heteroatoms. The molecule has 2 aromatic carbocycles. The van der Waals surface area contributed by atoms with Crippen molar-refractivity contribution < 1.29 is 18.3 Å². The van der Waals surface area contributed by atoms with E-state index in [2.05, 4.69) is 6.92 Å². The molecule has 2 aromatic rings. The van der Waals surface area contributed by atoms with Crippen LogP contribution in [0.25, 0.3) is 11.1 Å². The predicted molar refractivity (Wildman–Crippen MR) is 124 cm³/mol. The largest absolute Gasteiger partial charge is 0.350 e. The Kier molecular flexibility index (Phi) is 10.6. The van der Waals surface area contributed by atoms with Crippen LogP contribution >= 0.6 is 0 Å². The molecule has 0 N–H and O–H groups in total. The summed E-state index contributed by atoms with van der Waals surface area (Å²) in [4.78, 5) is 0. The van der Waals surface area contributed by atoms with Gasteiger partial charge in [0.05, 0.1) is 0 Å². The minimum Gasteiger partial charge on any atom is -0.350 e. The van der Waals surface area contributed by atoms with Gasteiger partial charge in [-0.05, 0) is 56.0 Å². The Morgan fingerprint density at radius 2 is 1.29 bits per heavy atom. The maximum Gasteiger partial charge on any atom is 0.172 e. The van der Waals surface area contributed by atoms with Crippen molar-refractivity contribution >= 4 is 0 Å². The molecule has 1 unspecified atom stereocenters. The summed E-state index contributed by atoms with van der Waals surface area (Å²) in [5.41, 5.74) is 2.45. The predicted octanol–water partition coefficient (Wildman–Crippen LogP) is 8.26. The molecule has 0 aliphatic rings. The second-order valence-electron chi connectivity index (χ2n) is 8.27. The van der Waals surface area contributed by atoms with Crippen molar-refractivity contribution in [2.75, 3.05) is 13.2 Å². The minimum atomic E-state index is -0.709. The Morgan fingerprint density at radius 3 is 1.84 bits per heavy atom. The molecule has 0 aromatic heterocycles. The van der Waals surface area contributed by atoms with Crippen molar-refractivity contribution in [2.45, 2.75) is 84.3 Å². The van der Waals surface area contributed by atoms with E-state index < -0.39 is 17.4 Å². The summed E-state index contributed by atoms with van der Waals surface area (Å²) < 4.78 is 39.5. The molecular weight excluding hydrogens is 394 g/mol. The van der Waals surface area contributed by atoms with E-state index in [1.165, 1.54) is 44.2 Å². The van der Waals surface area contributed by atoms with Gasteiger partial charge in [-0.3, -0.25) is 0 Å². The Morgan fingerprint density at radius 1 is 0.742 bits per heavy atom. The lowest BCUT2D eigenvalue weighted by molar-refractivity contribution is -0.236. The first kappa shape index (κ1) is 25.5. The molecule has 0 bridgehead atoms. The van der Waals surface area contributed by atoms with Crippen LogP contribution in [0.15, 0.2) is 42.5 Å². The number of benzene rings is 2. The van der Waals surface area contributed by atoms with Crippen LogP contribution in [0.5, 0.6) is 0 Å². The SMILES string of the molecule is CCCCCCCCC(c1ccc(-c2cc(F)cc(F)c2)cc1)C(C)(OCC)OCC. The first-order valence-electron chi connectivity index (χ1n) is 11.8. The van der Waals surface area contributed by atoms with Gasteiger partial charge in [-0.25, -0.2) is 8.78 Å². The number of ether oxygens (including phenoxy) is 2. The van der Waals surface area contributed by atoms with Gasteiger partial charge in [0.2, 0.25) is 0 Å². The summed E-state index contributed by atoms with van der Waals surface area (Å²) >= 11 is 0. The second-order valence-corrected chi connectivity index (χ2v) is 8.27. The van der Waals surface area contributed by atoms with E-state index in [1.54, 1.807) is 0 Å². The Balaban J connectivity index is 2.23. The van der Waals surface area contributed by atoms with Gasteiger partial charge >= 0.3 is 0 Å². The van der Waals surface area contributed by atoms with Gasteiger partial charge in [-0.15, -0.1) is 0 Å². The average Bonchev–Trinajstić information content (AvgIpc) is 2.73. The lowest BCUT2D eigenvalue weighted by Gasteiger charge is -2.37.